The van der Waals surface area contributed by atoms with Gasteiger partial charge in [-0.2, -0.15) is 0 Å². The Hall–Kier alpha value is -2.44. The number of hydrogen-bond donors (Lipinski definition) is 0. The van der Waals surface area contributed by atoms with E-state index >= 15 is 0 Å². The first-order valence-corrected chi connectivity index (χ1v) is 8.80. The molecule has 27 heavy (non-hydrogen) atoms. The SMILES string of the molecule is C[C@]1(F)C(Cl)O[C@H](COC(=O)c2ccccc2)[C@H]1OC(=O)c1ccccc1. The standard InChI is InChI=1S/C20H18ClFO5/c1-20(22)16(27-18(24)14-10-6-3-7-11-14)15(26-19(20)21)12-25-17(23)13-8-4-2-5-9-13/h2-11,15-16,19H,12H2,1H3/t15-,16-,19?,20-/m1/s1. The van der Waals surface area contributed by atoms with E-state index in [-0.39, 0.29) is 12.2 Å². The second kappa shape index (κ2) is 8.06. The van der Waals surface area contributed by atoms with Crippen molar-refractivity contribution in [2.45, 2.75) is 30.4 Å². The quantitative estimate of drug-likeness (QED) is 0.572. The molecular formula is C20H18ClFO5. The van der Waals surface area contributed by atoms with Crippen molar-refractivity contribution in [2.75, 3.05) is 6.61 Å². The van der Waals surface area contributed by atoms with E-state index in [9.17, 15) is 14.0 Å². The van der Waals surface area contributed by atoms with E-state index < -0.39 is 35.4 Å². The first kappa shape index (κ1) is 19.3. The summed E-state index contributed by atoms with van der Waals surface area (Å²) in [7, 11) is 0. The number of ether oxygens (including phenoxy) is 3. The number of esters is 2. The van der Waals surface area contributed by atoms with E-state index in [1.165, 1.54) is 6.92 Å². The molecule has 0 saturated carbocycles. The molecule has 0 radical (unpaired) electrons. The lowest BCUT2D eigenvalue weighted by molar-refractivity contribution is -0.0423. The molecule has 4 atom stereocenters. The van der Waals surface area contributed by atoms with Crippen LogP contribution >= 0.6 is 11.6 Å². The molecule has 1 aliphatic heterocycles. The lowest BCUT2D eigenvalue weighted by Gasteiger charge is -2.25. The molecular weight excluding hydrogens is 375 g/mol. The normalized spacial score (nSPS) is 27.1. The molecule has 1 aliphatic rings. The van der Waals surface area contributed by atoms with Gasteiger partial charge in [0.25, 0.3) is 0 Å². The van der Waals surface area contributed by atoms with Gasteiger partial charge in [0.1, 0.15) is 12.7 Å². The minimum absolute atomic E-state index is 0.270. The Morgan fingerprint density at radius 1 is 1.04 bits per heavy atom. The summed E-state index contributed by atoms with van der Waals surface area (Å²) in [6.07, 6.45) is -2.35. The summed E-state index contributed by atoms with van der Waals surface area (Å²) in [4.78, 5) is 24.4. The van der Waals surface area contributed by atoms with Gasteiger partial charge in [-0.25, -0.2) is 14.0 Å². The molecule has 1 fully saturated rings. The predicted molar refractivity (Wildman–Crippen MR) is 96.4 cm³/mol. The molecule has 0 aromatic heterocycles. The van der Waals surface area contributed by atoms with Crippen LogP contribution in [0.15, 0.2) is 60.7 Å². The average molecular weight is 393 g/mol. The van der Waals surface area contributed by atoms with Gasteiger partial charge in [-0.1, -0.05) is 48.0 Å². The van der Waals surface area contributed by atoms with Crippen LogP contribution in [-0.4, -0.2) is 42.0 Å². The van der Waals surface area contributed by atoms with E-state index in [4.69, 9.17) is 25.8 Å². The third-order valence-electron chi connectivity index (χ3n) is 4.26. The van der Waals surface area contributed by atoms with E-state index in [0.29, 0.717) is 5.56 Å². The Bertz CT molecular complexity index is 797. The fraction of sp³-hybridized carbons (Fsp3) is 0.300. The van der Waals surface area contributed by atoms with Crippen molar-refractivity contribution in [3.05, 3.63) is 71.8 Å². The zero-order valence-electron chi connectivity index (χ0n) is 14.5. The fourth-order valence-corrected chi connectivity index (χ4v) is 3.00. The minimum atomic E-state index is -2.14. The highest BCUT2D eigenvalue weighted by atomic mass is 35.5. The lowest BCUT2D eigenvalue weighted by atomic mass is 10.0. The summed E-state index contributed by atoms with van der Waals surface area (Å²) in [6.45, 7) is 0.885. The summed E-state index contributed by atoms with van der Waals surface area (Å²) in [5.74, 6) is -1.30. The first-order chi connectivity index (χ1) is 12.9. The van der Waals surface area contributed by atoms with Crippen LogP contribution in [0.4, 0.5) is 4.39 Å². The third kappa shape index (κ3) is 4.28. The summed E-state index contributed by atoms with van der Waals surface area (Å²) in [5.41, 5.74) is -2.87. The molecule has 0 aliphatic carbocycles. The molecule has 0 bridgehead atoms. The van der Waals surface area contributed by atoms with Gasteiger partial charge in [0.05, 0.1) is 11.1 Å². The minimum Gasteiger partial charge on any atom is -0.459 e. The van der Waals surface area contributed by atoms with Crippen molar-refractivity contribution in [1.29, 1.82) is 0 Å². The van der Waals surface area contributed by atoms with Crippen molar-refractivity contribution in [3.8, 4) is 0 Å². The molecule has 0 amide bonds. The van der Waals surface area contributed by atoms with Crippen molar-refractivity contribution in [3.63, 3.8) is 0 Å². The number of hydrogen-bond acceptors (Lipinski definition) is 5. The number of halogens is 2. The topological polar surface area (TPSA) is 61.8 Å². The largest absolute Gasteiger partial charge is 0.459 e. The maximum absolute atomic E-state index is 15.0. The number of rotatable bonds is 5. The van der Waals surface area contributed by atoms with Gasteiger partial charge in [0, 0.05) is 0 Å². The summed E-state index contributed by atoms with van der Waals surface area (Å²) < 4.78 is 30.8. The number of benzene rings is 2. The van der Waals surface area contributed by atoms with E-state index in [1.54, 1.807) is 60.7 Å². The van der Waals surface area contributed by atoms with Gasteiger partial charge >= 0.3 is 11.9 Å². The molecule has 1 unspecified atom stereocenters. The predicted octanol–water partition coefficient (Wildman–Crippen LogP) is 3.76. The lowest BCUT2D eigenvalue weighted by Crippen LogP contribution is -2.44. The van der Waals surface area contributed by atoms with Gasteiger partial charge in [0.15, 0.2) is 17.3 Å². The summed E-state index contributed by atoms with van der Waals surface area (Å²) >= 11 is 5.93. The Kier molecular flexibility index (Phi) is 5.77. The second-order valence-electron chi connectivity index (χ2n) is 6.30. The summed E-state index contributed by atoms with van der Waals surface area (Å²) in [6, 6.07) is 16.5. The van der Waals surface area contributed by atoms with Crippen LogP contribution in [0.1, 0.15) is 27.6 Å². The van der Waals surface area contributed by atoms with Crippen LogP contribution < -0.4 is 0 Å². The van der Waals surface area contributed by atoms with Gasteiger partial charge < -0.3 is 14.2 Å². The molecule has 1 heterocycles. The van der Waals surface area contributed by atoms with Crippen molar-refractivity contribution in [2.24, 2.45) is 0 Å². The molecule has 0 N–H and O–H groups in total. The van der Waals surface area contributed by atoms with Crippen LogP contribution in [0.5, 0.6) is 0 Å². The number of alkyl halides is 2. The number of carbonyl (C=O) groups is 2. The highest BCUT2D eigenvalue weighted by molar-refractivity contribution is 6.20. The van der Waals surface area contributed by atoms with E-state index in [1.807, 2.05) is 0 Å². The maximum atomic E-state index is 15.0. The molecule has 5 nitrogen and oxygen atoms in total. The smallest absolute Gasteiger partial charge is 0.338 e. The van der Waals surface area contributed by atoms with Crippen molar-refractivity contribution < 1.29 is 28.2 Å². The van der Waals surface area contributed by atoms with Crippen LogP contribution in [0.3, 0.4) is 0 Å². The zero-order valence-corrected chi connectivity index (χ0v) is 15.3. The highest BCUT2D eigenvalue weighted by Crippen LogP contribution is 2.39. The molecule has 2 aromatic carbocycles. The first-order valence-electron chi connectivity index (χ1n) is 8.36. The van der Waals surface area contributed by atoms with Gasteiger partial charge in [-0.15, -0.1) is 0 Å². The van der Waals surface area contributed by atoms with Crippen molar-refractivity contribution >= 4 is 23.5 Å². The van der Waals surface area contributed by atoms with E-state index in [2.05, 4.69) is 0 Å². The highest BCUT2D eigenvalue weighted by Gasteiger charge is 2.56. The van der Waals surface area contributed by atoms with Crippen molar-refractivity contribution in [1.82, 2.24) is 0 Å². The Balaban J connectivity index is 1.69. The van der Waals surface area contributed by atoms with Crippen LogP contribution in [0, 0.1) is 0 Å². The number of carbonyl (C=O) groups excluding carboxylic acids is 2. The maximum Gasteiger partial charge on any atom is 0.338 e. The molecule has 142 valence electrons. The molecule has 3 rings (SSSR count). The third-order valence-corrected chi connectivity index (χ3v) is 4.79. The molecule has 0 spiro atoms. The van der Waals surface area contributed by atoms with Gasteiger partial charge in [-0.05, 0) is 31.2 Å². The molecule has 7 heteroatoms. The molecule has 2 aromatic rings. The van der Waals surface area contributed by atoms with Crippen LogP contribution in [0.2, 0.25) is 0 Å². The van der Waals surface area contributed by atoms with Gasteiger partial charge in [0.2, 0.25) is 0 Å². The fourth-order valence-electron chi connectivity index (χ4n) is 2.74. The van der Waals surface area contributed by atoms with E-state index in [0.717, 1.165) is 0 Å². The summed E-state index contributed by atoms with van der Waals surface area (Å²) in [5, 5.41) is 0. The monoisotopic (exact) mass is 392 g/mol. The zero-order chi connectivity index (χ0) is 19.4. The average Bonchev–Trinajstić information content (AvgIpc) is 2.90. The Morgan fingerprint density at radius 3 is 2.11 bits per heavy atom. The van der Waals surface area contributed by atoms with Crippen LogP contribution in [-0.2, 0) is 14.2 Å². The second-order valence-corrected chi connectivity index (χ2v) is 6.69. The Morgan fingerprint density at radius 2 is 1.56 bits per heavy atom. The molecule has 1 saturated heterocycles. The van der Waals surface area contributed by atoms with Gasteiger partial charge in [-0.3, -0.25) is 0 Å². The Labute approximate surface area is 161 Å². The van der Waals surface area contributed by atoms with Crippen LogP contribution in [0.25, 0.3) is 0 Å².